The highest BCUT2D eigenvalue weighted by Crippen LogP contribution is 1.96. The van der Waals surface area contributed by atoms with Gasteiger partial charge in [0, 0.05) is 12.6 Å². The van der Waals surface area contributed by atoms with Crippen LogP contribution in [0.15, 0.2) is 0 Å². The molecule has 68 valence electrons. The Morgan fingerprint density at radius 2 is 2.00 bits per heavy atom. The quantitative estimate of drug-likeness (QED) is 0.611. The topological polar surface area (TPSA) is 21.3 Å². The first-order valence-electron chi connectivity index (χ1n) is 4.66. The molecule has 0 aromatic carbocycles. The van der Waals surface area contributed by atoms with Gasteiger partial charge in [0.15, 0.2) is 0 Å². The Kier molecular flexibility index (Phi) is 7.96. The molecule has 1 atom stereocenters. The Morgan fingerprint density at radius 1 is 1.27 bits per heavy atom. The molecule has 0 aliphatic rings. The van der Waals surface area contributed by atoms with Crippen molar-refractivity contribution in [3.05, 3.63) is 0 Å². The van der Waals surface area contributed by atoms with Crippen molar-refractivity contribution >= 4 is 0 Å². The van der Waals surface area contributed by atoms with Gasteiger partial charge < -0.3 is 10.1 Å². The Hall–Kier alpha value is -0.0800. The summed E-state index contributed by atoms with van der Waals surface area (Å²) in [5.41, 5.74) is 0. The third kappa shape index (κ3) is 6.32. The maximum atomic E-state index is 5.34. The van der Waals surface area contributed by atoms with Crippen molar-refractivity contribution in [1.82, 2.24) is 5.32 Å². The zero-order valence-corrected chi connectivity index (χ0v) is 8.02. The number of likely N-dealkylation sites (N-methyl/N-ethyl adjacent to an activating group) is 1. The Labute approximate surface area is 70.3 Å². The predicted molar refractivity (Wildman–Crippen MR) is 48.9 cm³/mol. The van der Waals surface area contributed by atoms with Crippen LogP contribution < -0.4 is 5.32 Å². The summed E-state index contributed by atoms with van der Waals surface area (Å²) in [6.07, 6.45) is 2.44. The molecule has 1 N–H and O–H groups in total. The molecule has 0 aromatic heterocycles. The maximum Gasteiger partial charge on any atom is 0.0619 e. The van der Waals surface area contributed by atoms with Crippen molar-refractivity contribution in [3.8, 4) is 0 Å². The van der Waals surface area contributed by atoms with Crippen LogP contribution in [0.3, 0.4) is 0 Å². The zero-order chi connectivity index (χ0) is 8.53. The molecule has 0 radical (unpaired) electrons. The van der Waals surface area contributed by atoms with E-state index in [9.17, 15) is 0 Å². The predicted octanol–water partition coefficient (Wildman–Crippen LogP) is 1.80. The first-order valence-corrected chi connectivity index (χ1v) is 4.66. The molecule has 2 nitrogen and oxygen atoms in total. The molecule has 1 unspecified atom stereocenters. The van der Waals surface area contributed by atoms with Gasteiger partial charge in [0.25, 0.3) is 0 Å². The van der Waals surface area contributed by atoms with Crippen molar-refractivity contribution in [1.29, 1.82) is 0 Å². The summed E-state index contributed by atoms with van der Waals surface area (Å²) >= 11 is 0. The summed E-state index contributed by atoms with van der Waals surface area (Å²) in [5.74, 6) is 0. The molecule has 2 heteroatoms. The molecular weight excluding hydrogens is 138 g/mol. The van der Waals surface area contributed by atoms with Crippen molar-refractivity contribution in [3.63, 3.8) is 0 Å². The fourth-order valence-electron chi connectivity index (χ4n) is 1.14. The molecule has 0 aliphatic carbocycles. The molecule has 0 heterocycles. The highest BCUT2D eigenvalue weighted by molar-refractivity contribution is 4.63. The van der Waals surface area contributed by atoms with E-state index in [1.807, 2.05) is 6.92 Å². The van der Waals surface area contributed by atoms with E-state index in [0.29, 0.717) is 6.04 Å². The fraction of sp³-hybridized carbons (Fsp3) is 1.00. The van der Waals surface area contributed by atoms with E-state index in [2.05, 4.69) is 19.2 Å². The van der Waals surface area contributed by atoms with Crippen molar-refractivity contribution in [2.45, 2.75) is 39.7 Å². The second-order valence-electron chi connectivity index (χ2n) is 2.70. The first kappa shape index (κ1) is 10.9. The fourth-order valence-corrected chi connectivity index (χ4v) is 1.14. The largest absolute Gasteiger partial charge is 0.380 e. The normalized spacial score (nSPS) is 13.4. The van der Waals surface area contributed by atoms with Crippen molar-refractivity contribution in [2.75, 3.05) is 19.8 Å². The molecule has 0 amide bonds. The van der Waals surface area contributed by atoms with Crippen LogP contribution in [0.25, 0.3) is 0 Å². The number of hydrogen-bond acceptors (Lipinski definition) is 2. The van der Waals surface area contributed by atoms with E-state index in [1.54, 1.807) is 0 Å². The molecule has 0 saturated carbocycles. The monoisotopic (exact) mass is 159 g/mol. The molecule has 0 bridgehead atoms. The molecule has 0 aliphatic heterocycles. The van der Waals surface area contributed by atoms with E-state index in [4.69, 9.17) is 4.74 Å². The van der Waals surface area contributed by atoms with E-state index in [1.165, 1.54) is 12.8 Å². The summed E-state index contributed by atoms with van der Waals surface area (Å²) in [6.45, 7) is 9.10. The maximum absolute atomic E-state index is 5.34. The second kappa shape index (κ2) is 8.02. The van der Waals surface area contributed by atoms with Crippen LogP contribution in [0, 0.1) is 0 Å². The van der Waals surface area contributed by atoms with Crippen molar-refractivity contribution < 1.29 is 4.74 Å². The summed E-state index contributed by atoms with van der Waals surface area (Å²) in [6, 6.07) is 0.560. The summed E-state index contributed by atoms with van der Waals surface area (Å²) in [7, 11) is 0. The van der Waals surface area contributed by atoms with Crippen LogP contribution in [0.2, 0.25) is 0 Å². The van der Waals surface area contributed by atoms with E-state index >= 15 is 0 Å². The van der Waals surface area contributed by atoms with Gasteiger partial charge in [0.05, 0.1) is 6.61 Å². The van der Waals surface area contributed by atoms with Gasteiger partial charge in [-0.1, -0.05) is 20.3 Å². The van der Waals surface area contributed by atoms with Crippen LogP contribution in [-0.4, -0.2) is 25.8 Å². The molecule has 0 saturated heterocycles. The van der Waals surface area contributed by atoms with Crippen LogP contribution in [0.4, 0.5) is 0 Å². The van der Waals surface area contributed by atoms with Gasteiger partial charge in [-0.05, 0) is 19.9 Å². The molecule has 11 heavy (non-hydrogen) atoms. The lowest BCUT2D eigenvalue weighted by molar-refractivity contribution is 0.120. The smallest absolute Gasteiger partial charge is 0.0619 e. The van der Waals surface area contributed by atoms with Crippen molar-refractivity contribution in [2.24, 2.45) is 0 Å². The van der Waals surface area contributed by atoms with Crippen LogP contribution in [0.5, 0.6) is 0 Å². The summed E-state index contributed by atoms with van der Waals surface area (Å²) in [5, 5.41) is 3.39. The van der Waals surface area contributed by atoms with E-state index < -0.39 is 0 Å². The third-order valence-corrected chi connectivity index (χ3v) is 1.65. The molecule has 0 aromatic rings. The van der Waals surface area contributed by atoms with Gasteiger partial charge in [-0.15, -0.1) is 0 Å². The molecule has 0 rings (SSSR count). The minimum atomic E-state index is 0.560. The first-order chi connectivity index (χ1) is 5.35. The Balaban J connectivity index is 3.34. The average Bonchev–Trinajstić information content (AvgIpc) is 2.01. The summed E-state index contributed by atoms with van der Waals surface area (Å²) in [4.78, 5) is 0. The Bertz CT molecular complexity index is 70.0. The number of nitrogens with one attached hydrogen (secondary N) is 1. The molecular formula is C9H21NO. The number of ether oxygens (including phenoxy) is 1. The van der Waals surface area contributed by atoms with E-state index in [-0.39, 0.29) is 0 Å². The van der Waals surface area contributed by atoms with Gasteiger partial charge in [-0.2, -0.15) is 0 Å². The SMILES string of the molecule is CCCC(COCC)NCC. The van der Waals surface area contributed by atoms with E-state index in [0.717, 1.165) is 19.8 Å². The average molecular weight is 159 g/mol. The number of hydrogen-bond donors (Lipinski definition) is 1. The Morgan fingerprint density at radius 3 is 2.45 bits per heavy atom. The molecule has 0 spiro atoms. The lowest BCUT2D eigenvalue weighted by atomic mass is 10.2. The minimum absolute atomic E-state index is 0.560. The highest BCUT2D eigenvalue weighted by atomic mass is 16.5. The van der Waals surface area contributed by atoms with Gasteiger partial charge in [0.2, 0.25) is 0 Å². The lowest BCUT2D eigenvalue weighted by Gasteiger charge is -2.16. The van der Waals surface area contributed by atoms with Gasteiger partial charge in [-0.3, -0.25) is 0 Å². The van der Waals surface area contributed by atoms with Crippen LogP contribution >= 0.6 is 0 Å². The lowest BCUT2D eigenvalue weighted by Crippen LogP contribution is -2.33. The molecule has 0 fully saturated rings. The second-order valence-corrected chi connectivity index (χ2v) is 2.70. The summed E-state index contributed by atoms with van der Waals surface area (Å²) < 4.78 is 5.34. The standard InChI is InChI=1S/C9H21NO/c1-4-7-9(10-5-2)8-11-6-3/h9-10H,4-8H2,1-3H3. The highest BCUT2D eigenvalue weighted by Gasteiger charge is 2.03. The van der Waals surface area contributed by atoms with Gasteiger partial charge in [0.1, 0.15) is 0 Å². The van der Waals surface area contributed by atoms with Crippen LogP contribution in [0.1, 0.15) is 33.6 Å². The van der Waals surface area contributed by atoms with Gasteiger partial charge >= 0.3 is 0 Å². The van der Waals surface area contributed by atoms with Crippen LogP contribution in [-0.2, 0) is 4.74 Å². The number of rotatable bonds is 7. The third-order valence-electron chi connectivity index (χ3n) is 1.65. The zero-order valence-electron chi connectivity index (χ0n) is 8.02. The minimum Gasteiger partial charge on any atom is -0.380 e. The van der Waals surface area contributed by atoms with Gasteiger partial charge in [-0.25, -0.2) is 0 Å².